The number of aliphatic carboxylic acids is 4. The van der Waals surface area contributed by atoms with E-state index in [9.17, 15) is 33.5 Å². The van der Waals surface area contributed by atoms with Crippen LogP contribution >= 0.6 is 22.9 Å². The molecule has 2 aliphatic heterocycles. The minimum Gasteiger partial charge on any atom is -0.481 e. The lowest BCUT2D eigenvalue weighted by molar-refractivity contribution is -0.170. The Kier molecular flexibility index (Phi) is 12.3. The van der Waals surface area contributed by atoms with Crippen LogP contribution in [0.25, 0.3) is 0 Å². The maximum atomic E-state index is 13.7. The average molecular weight is 687 g/mol. The molecule has 2 aromatic rings. The van der Waals surface area contributed by atoms with E-state index in [0.717, 1.165) is 6.07 Å². The van der Waals surface area contributed by atoms with Gasteiger partial charge in [0.05, 0.1) is 38.7 Å². The third kappa shape index (κ3) is 9.04. The molecule has 0 radical (unpaired) electrons. The Balaban J connectivity index is 0.000000376. The van der Waals surface area contributed by atoms with E-state index in [4.69, 9.17) is 41.5 Å². The summed E-state index contributed by atoms with van der Waals surface area (Å²) in [5.74, 6) is -6.85. The largest absolute Gasteiger partial charge is 0.481 e. The van der Waals surface area contributed by atoms with E-state index < -0.39 is 66.2 Å². The van der Waals surface area contributed by atoms with Crippen LogP contribution < -0.4 is 5.32 Å². The van der Waals surface area contributed by atoms with Gasteiger partial charge in [0.2, 0.25) is 0 Å². The number of nitrogens with zero attached hydrogens (tertiary/aromatic N) is 3. The van der Waals surface area contributed by atoms with Crippen LogP contribution in [0.2, 0.25) is 5.02 Å². The zero-order valence-electron chi connectivity index (χ0n) is 23.9. The van der Waals surface area contributed by atoms with Gasteiger partial charge in [-0.15, -0.1) is 11.3 Å². The predicted octanol–water partition coefficient (Wildman–Crippen LogP) is 0.991. The van der Waals surface area contributed by atoms with Crippen molar-refractivity contribution in [1.82, 2.24) is 15.2 Å². The molecule has 1 aromatic heterocycles. The van der Waals surface area contributed by atoms with Crippen LogP contribution in [-0.4, -0.2) is 116 Å². The summed E-state index contributed by atoms with van der Waals surface area (Å²) in [6.07, 6.45) is -0.672. The van der Waals surface area contributed by atoms with Crippen LogP contribution in [-0.2, 0) is 33.4 Å². The lowest BCUT2D eigenvalue weighted by atomic mass is 9.95. The first-order chi connectivity index (χ1) is 21.7. The number of hydrogen-bond donors (Lipinski definition) is 6. The molecule has 0 unspecified atom stereocenters. The van der Waals surface area contributed by atoms with E-state index >= 15 is 0 Å². The number of halogens is 2. The molecule has 46 heavy (non-hydrogen) atoms. The van der Waals surface area contributed by atoms with Gasteiger partial charge in [-0.2, -0.15) is 0 Å². The second kappa shape index (κ2) is 15.7. The van der Waals surface area contributed by atoms with Gasteiger partial charge in [0.15, 0.2) is 16.4 Å². The Morgan fingerprint density at radius 1 is 1.17 bits per heavy atom. The van der Waals surface area contributed by atoms with E-state index in [1.54, 1.807) is 16.5 Å². The number of rotatable bonds is 11. The lowest BCUT2D eigenvalue weighted by Crippen LogP contribution is -2.52. The van der Waals surface area contributed by atoms with E-state index in [2.05, 4.69) is 15.3 Å². The van der Waals surface area contributed by atoms with Crippen molar-refractivity contribution in [3.05, 3.63) is 62.5 Å². The second-order valence-electron chi connectivity index (χ2n) is 9.77. The van der Waals surface area contributed by atoms with Crippen molar-refractivity contribution in [2.45, 2.75) is 30.5 Å². The van der Waals surface area contributed by atoms with Crippen molar-refractivity contribution in [2.24, 2.45) is 4.99 Å². The van der Waals surface area contributed by atoms with E-state index in [-0.39, 0.29) is 23.7 Å². The van der Waals surface area contributed by atoms with Gasteiger partial charge in [0, 0.05) is 40.9 Å². The molecule has 1 saturated heterocycles. The molecule has 6 N–H and O–H groups in total. The third-order valence-electron chi connectivity index (χ3n) is 6.59. The number of aliphatic hydroxyl groups is 1. The smallest absolute Gasteiger partial charge is 0.338 e. The monoisotopic (exact) mass is 686 g/mol. The number of methoxy groups -OCH3 is 1. The van der Waals surface area contributed by atoms with Crippen LogP contribution in [0.4, 0.5) is 4.39 Å². The first kappa shape index (κ1) is 36.0. The molecular weight excluding hydrogens is 659 g/mol. The first-order valence-electron chi connectivity index (χ1n) is 13.1. The SMILES string of the molecule is COC(=O)C1=C(CN2CCOC[C@H]2C(=O)O)NC(c2nccs2)=N[C@H]1c1ccc(F)cc1Cl.O=C(O)CC(O)(CC(=O)O)C(=O)O. The summed E-state index contributed by atoms with van der Waals surface area (Å²) in [7, 11) is 1.24. The molecule has 4 rings (SSSR count). The normalized spacial score (nSPS) is 18.4. The molecule has 2 atom stereocenters. The number of morpholine rings is 1. The molecule has 0 spiro atoms. The number of benzene rings is 1. The Bertz CT molecular complexity index is 1530. The van der Waals surface area contributed by atoms with Crippen molar-refractivity contribution in [2.75, 3.05) is 33.4 Å². The van der Waals surface area contributed by atoms with Gasteiger partial charge in [-0.1, -0.05) is 17.7 Å². The van der Waals surface area contributed by atoms with Crippen LogP contribution in [0.1, 0.15) is 29.5 Å². The highest BCUT2D eigenvalue weighted by atomic mass is 35.5. The standard InChI is InChI=1S/C21H20ClFN4O5S.C6H8O7/c1-31-21(30)16-14(9-27-5-6-32-10-15(27)20(28)29)25-18(19-24-4-7-33-19)26-17(16)12-3-2-11(23)8-13(12)22;7-3(8)1-6(13,5(11)12)2-4(9)10/h2-4,7-8,15,17H,5-6,9-10H2,1H3,(H,25,26)(H,28,29);13H,1-2H2,(H,7,8)(H,9,10)(H,11,12)/t15-,17-;/m0./s1. The number of aromatic nitrogens is 1. The maximum Gasteiger partial charge on any atom is 0.338 e. The van der Waals surface area contributed by atoms with Gasteiger partial charge in [0.25, 0.3) is 0 Å². The Hall–Kier alpha value is -4.49. The van der Waals surface area contributed by atoms with Gasteiger partial charge in [-0.25, -0.2) is 19.0 Å². The maximum absolute atomic E-state index is 13.7. The second-order valence-corrected chi connectivity index (χ2v) is 11.1. The molecule has 2 aliphatic rings. The average Bonchev–Trinajstić information content (AvgIpc) is 3.51. The summed E-state index contributed by atoms with van der Waals surface area (Å²) in [6.45, 7) is 0.814. The zero-order valence-corrected chi connectivity index (χ0v) is 25.5. The van der Waals surface area contributed by atoms with Crippen LogP contribution in [0, 0.1) is 5.82 Å². The highest BCUT2D eigenvalue weighted by Crippen LogP contribution is 2.37. The minimum atomic E-state index is -2.74. The molecule has 0 aliphatic carbocycles. The van der Waals surface area contributed by atoms with Crippen molar-refractivity contribution in [3.8, 4) is 0 Å². The number of aliphatic imine (C=N–C) groups is 1. The van der Waals surface area contributed by atoms with E-state index in [1.807, 2.05) is 0 Å². The molecule has 248 valence electrons. The van der Waals surface area contributed by atoms with Crippen molar-refractivity contribution in [1.29, 1.82) is 0 Å². The van der Waals surface area contributed by atoms with E-state index in [0.29, 0.717) is 35.3 Å². The summed E-state index contributed by atoms with van der Waals surface area (Å²) < 4.78 is 24.1. The van der Waals surface area contributed by atoms with Gasteiger partial charge in [-0.3, -0.25) is 24.3 Å². The highest BCUT2D eigenvalue weighted by Gasteiger charge is 2.41. The number of ether oxygens (including phenoxy) is 2. The van der Waals surface area contributed by atoms with Crippen molar-refractivity contribution in [3.63, 3.8) is 0 Å². The van der Waals surface area contributed by atoms with Crippen molar-refractivity contribution < 1.29 is 63.4 Å². The number of hydrogen-bond acceptors (Lipinski definition) is 13. The van der Waals surface area contributed by atoms with Crippen LogP contribution in [0.15, 0.2) is 46.0 Å². The van der Waals surface area contributed by atoms with Gasteiger partial charge in [0.1, 0.15) is 17.9 Å². The summed E-state index contributed by atoms with van der Waals surface area (Å²) in [6, 6.07) is 2.05. The summed E-state index contributed by atoms with van der Waals surface area (Å²) in [5, 5.41) is 49.0. The molecule has 0 saturated carbocycles. The van der Waals surface area contributed by atoms with Crippen LogP contribution in [0.5, 0.6) is 0 Å². The fraction of sp³-hybridized carbons (Fsp3) is 0.370. The van der Waals surface area contributed by atoms with Crippen LogP contribution in [0.3, 0.4) is 0 Å². The Morgan fingerprint density at radius 2 is 1.85 bits per heavy atom. The number of amidine groups is 1. The number of carbonyl (C=O) groups excluding carboxylic acids is 1. The molecule has 3 heterocycles. The fourth-order valence-corrected chi connectivity index (χ4v) is 5.30. The quantitative estimate of drug-likeness (QED) is 0.180. The number of thiazole rings is 1. The number of carboxylic acid groups (broad SMARTS) is 4. The molecule has 0 amide bonds. The lowest BCUT2D eigenvalue weighted by Gasteiger charge is -2.35. The minimum absolute atomic E-state index is 0.0246. The van der Waals surface area contributed by atoms with E-state index in [1.165, 1.54) is 30.6 Å². The number of carbonyl (C=O) groups is 5. The number of carboxylic acids is 4. The van der Waals surface area contributed by atoms with Gasteiger partial charge >= 0.3 is 29.8 Å². The predicted molar refractivity (Wildman–Crippen MR) is 156 cm³/mol. The zero-order chi connectivity index (χ0) is 34.2. The third-order valence-corrected chi connectivity index (χ3v) is 7.70. The molecule has 1 aromatic carbocycles. The van der Waals surface area contributed by atoms with Crippen molar-refractivity contribution >= 4 is 58.6 Å². The summed E-state index contributed by atoms with van der Waals surface area (Å²) >= 11 is 7.67. The summed E-state index contributed by atoms with van der Waals surface area (Å²) in [4.78, 5) is 65.8. The number of nitrogens with one attached hydrogen (secondary N) is 1. The molecule has 0 bridgehead atoms. The molecule has 16 nitrogen and oxygen atoms in total. The molecular formula is C27H28ClFN4O12S. The van der Waals surface area contributed by atoms with Gasteiger partial charge in [-0.05, 0) is 12.1 Å². The number of esters is 1. The van der Waals surface area contributed by atoms with Gasteiger partial charge < -0.3 is 40.3 Å². The highest BCUT2D eigenvalue weighted by molar-refractivity contribution is 7.11. The molecule has 19 heteroatoms. The fourth-order valence-electron chi connectivity index (χ4n) is 4.44. The topological polar surface area (TPSA) is 245 Å². The summed E-state index contributed by atoms with van der Waals surface area (Å²) in [5.41, 5.74) is -1.77. The Morgan fingerprint density at radius 3 is 2.37 bits per heavy atom. The first-order valence-corrected chi connectivity index (χ1v) is 14.4. The molecule has 1 fully saturated rings. The Labute approximate surface area is 268 Å².